The van der Waals surface area contributed by atoms with Crippen molar-refractivity contribution in [3.8, 4) is 11.5 Å². The first-order valence-electron chi connectivity index (χ1n) is 13.9. The Morgan fingerprint density at radius 1 is 1.00 bits per heavy atom. The number of hydrogen-bond acceptors (Lipinski definition) is 6. The van der Waals surface area contributed by atoms with Gasteiger partial charge in [0, 0.05) is 18.4 Å². The molecule has 4 rings (SSSR count). The van der Waals surface area contributed by atoms with Crippen LogP contribution in [-0.2, 0) is 26.2 Å². The standard InChI is InChI=1S/C32H35FN4O6/c1-32(2,21-9-11-22(33)12-10-21)19-35-31(42)26-18-28(39)36-25(17-20-7-13-23(38)14-8-20)30(41)34-15-16-43-27-6-4-3-5-24(27)29(40)37-26/h3-14,25-26,38H,15-19H2,1-2H3,(H,34,41)(H,35,42)(H,36,39)(H,37,40)/t25-,26-/m0/s1. The number of phenols is 1. The molecule has 1 aliphatic heterocycles. The Labute approximate surface area is 249 Å². The van der Waals surface area contributed by atoms with Crippen molar-refractivity contribution >= 4 is 23.6 Å². The molecule has 1 aliphatic rings. The molecule has 0 saturated carbocycles. The first kappa shape index (κ1) is 31.0. The Hall–Kier alpha value is -4.93. The maximum Gasteiger partial charge on any atom is 0.255 e. The minimum Gasteiger partial charge on any atom is -0.508 e. The van der Waals surface area contributed by atoms with E-state index in [0.29, 0.717) is 5.56 Å². The predicted octanol–water partition coefficient (Wildman–Crippen LogP) is 2.35. The van der Waals surface area contributed by atoms with Crippen LogP contribution in [0.5, 0.6) is 11.5 Å². The van der Waals surface area contributed by atoms with Crippen molar-refractivity contribution in [3.63, 3.8) is 0 Å². The van der Waals surface area contributed by atoms with Gasteiger partial charge in [0.1, 0.15) is 36.0 Å². The van der Waals surface area contributed by atoms with Crippen LogP contribution in [0.15, 0.2) is 72.8 Å². The number of hydrogen-bond donors (Lipinski definition) is 5. The zero-order chi connectivity index (χ0) is 31.0. The van der Waals surface area contributed by atoms with Gasteiger partial charge in [-0.15, -0.1) is 0 Å². The molecule has 0 unspecified atom stereocenters. The number of rotatable bonds is 6. The first-order valence-corrected chi connectivity index (χ1v) is 13.9. The summed E-state index contributed by atoms with van der Waals surface area (Å²) in [4.78, 5) is 53.1. The molecule has 0 bridgehead atoms. The van der Waals surface area contributed by atoms with Crippen LogP contribution in [0.25, 0.3) is 0 Å². The van der Waals surface area contributed by atoms with E-state index in [1.165, 1.54) is 30.3 Å². The molecule has 3 aromatic carbocycles. The second kappa shape index (κ2) is 13.8. The van der Waals surface area contributed by atoms with Gasteiger partial charge in [-0.05, 0) is 47.5 Å². The third-order valence-corrected chi connectivity index (χ3v) is 7.16. The van der Waals surface area contributed by atoms with Gasteiger partial charge >= 0.3 is 0 Å². The normalized spacial score (nSPS) is 18.2. The van der Waals surface area contributed by atoms with Gasteiger partial charge in [-0.2, -0.15) is 0 Å². The second-order valence-electron chi connectivity index (χ2n) is 11.0. The maximum absolute atomic E-state index is 13.4. The fraction of sp³-hybridized carbons (Fsp3) is 0.312. The molecule has 5 N–H and O–H groups in total. The van der Waals surface area contributed by atoms with E-state index in [4.69, 9.17) is 4.74 Å². The summed E-state index contributed by atoms with van der Waals surface area (Å²) in [6, 6.07) is 16.4. The van der Waals surface area contributed by atoms with Crippen LogP contribution in [0.1, 0.15) is 41.8 Å². The van der Waals surface area contributed by atoms with E-state index in [-0.39, 0.29) is 49.0 Å². The van der Waals surface area contributed by atoms with Crippen LogP contribution in [0, 0.1) is 5.82 Å². The topological polar surface area (TPSA) is 146 Å². The molecular formula is C32H35FN4O6. The highest BCUT2D eigenvalue weighted by molar-refractivity contribution is 6.01. The van der Waals surface area contributed by atoms with Gasteiger partial charge in [0.05, 0.1) is 18.5 Å². The summed E-state index contributed by atoms with van der Waals surface area (Å²) < 4.78 is 19.2. The maximum atomic E-state index is 13.4. The van der Waals surface area contributed by atoms with E-state index in [1.54, 1.807) is 42.5 Å². The van der Waals surface area contributed by atoms with Crippen LogP contribution in [-0.4, -0.2) is 60.5 Å². The minimum atomic E-state index is -1.29. The molecule has 0 aromatic heterocycles. The Morgan fingerprint density at radius 2 is 1.70 bits per heavy atom. The van der Waals surface area contributed by atoms with Crippen molar-refractivity contribution in [3.05, 3.63) is 95.3 Å². The molecule has 0 aliphatic carbocycles. The zero-order valence-corrected chi connectivity index (χ0v) is 24.0. The lowest BCUT2D eigenvalue weighted by molar-refractivity contribution is -0.131. The number of fused-ring (bicyclic) bond motifs is 1. The minimum absolute atomic E-state index is 0.0539. The number of carbonyl (C=O) groups excluding carboxylic acids is 4. The quantitative estimate of drug-likeness (QED) is 0.298. The van der Waals surface area contributed by atoms with Gasteiger partial charge in [0.15, 0.2) is 0 Å². The largest absolute Gasteiger partial charge is 0.508 e. The molecule has 0 fully saturated rings. The summed E-state index contributed by atoms with van der Waals surface area (Å²) in [5.41, 5.74) is 1.05. The number of ether oxygens (including phenoxy) is 1. The van der Waals surface area contributed by atoms with Gasteiger partial charge in [0.25, 0.3) is 5.91 Å². The SMILES string of the molecule is CC(C)(CNC(=O)[C@@H]1CC(=O)N[C@@H](Cc2ccc(O)cc2)C(=O)NCCOc2ccccc2C(=O)N1)c1ccc(F)cc1. The molecule has 3 aromatic rings. The average Bonchev–Trinajstić information content (AvgIpc) is 2.98. The number of halogens is 1. The molecule has 4 amide bonds. The van der Waals surface area contributed by atoms with E-state index in [2.05, 4.69) is 21.3 Å². The number of para-hydroxylation sites is 1. The summed E-state index contributed by atoms with van der Waals surface area (Å²) in [5.74, 6) is -2.36. The van der Waals surface area contributed by atoms with Crippen LogP contribution in [0.3, 0.4) is 0 Å². The highest BCUT2D eigenvalue weighted by Crippen LogP contribution is 2.23. The lowest BCUT2D eigenvalue weighted by Crippen LogP contribution is -2.54. The van der Waals surface area contributed by atoms with Crippen molar-refractivity contribution in [2.45, 2.75) is 44.2 Å². The molecular weight excluding hydrogens is 555 g/mol. The zero-order valence-electron chi connectivity index (χ0n) is 24.0. The molecule has 10 nitrogen and oxygen atoms in total. The monoisotopic (exact) mass is 590 g/mol. The lowest BCUT2D eigenvalue weighted by atomic mass is 9.84. The highest BCUT2D eigenvalue weighted by atomic mass is 19.1. The van der Waals surface area contributed by atoms with Crippen molar-refractivity contribution in [2.75, 3.05) is 19.7 Å². The van der Waals surface area contributed by atoms with Gasteiger partial charge in [-0.3, -0.25) is 19.2 Å². The van der Waals surface area contributed by atoms with Crippen molar-refractivity contribution in [2.24, 2.45) is 0 Å². The number of carbonyl (C=O) groups is 4. The summed E-state index contributed by atoms with van der Waals surface area (Å²) in [6.45, 7) is 4.06. The molecule has 43 heavy (non-hydrogen) atoms. The highest BCUT2D eigenvalue weighted by Gasteiger charge is 2.30. The molecule has 0 radical (unpaired) electrons. The molecule has 0 spiro atoms. The van der Waals surface area contributed by atoms with Gasteiger partial charge < -0.3 is 31.1 Å². The first-order chi connectivity index (χ1) is 20.5. The summed E-state index contributed by atoms with van der Waals surface area (Å²) in [5, 5.41) is 20.5. The summed E-state index contributed by atoms with van der Waals surface area (Å²) >= 11 is 0. The molecule has 226 valence electrons. The lowest BCUT2D eigenvalue weighted by Gasteiger charge is -2.27. The predicted molar refractivity (Wildman–Crippen MR) is 157 cm³/mol. The smallest absolute Gasteiger partial charge is 0.255 e. The molecule has 0 saturated heterocycles. The van der Waals surface area contributed by atoms with Crippen molar-refractivity contribution in [1.29, 1.82) is 0 Å². The van der Waals surface area contributed by atoms with E-state index in [1.807, 2.05) is 13.8 Å². The second-order valence-corrected chi connectivity index (χ2v) is 11.0. The van der Waals surface area contributed by atoms with Crippen molar-refractivity contribution < 1.29 is 33.4 Å². The fourth-order valence-corrected chi connectivity index (χ4v) is 4.63. The number of nitrogens with one attached hydrogen (secondary N) is 4. The van der Waals surface area contributed by atoms with Crippen LogP contribution in [0.2, 0.25) is 0 Å². The van der Waals surface area contributed by atoms with E-state index >= 15 is 0 Å². The average molecular weight is 591 g/mol. The Kier molecular flexibility index (Phi) is 9.97. The van der Waals surface area contributed by atoms with Gasteiger partial charge in [-0.25, -0.2) is 4.39 Å². The van der Waals surface area contributed by atoms with E-state index in [0.717, 1.165) is 5.56 Å². The number of amides is 4. The van der Waals surface area contributed by atoms with Crippen LogP contribution in [0.4, 0.5) is 4.39 Å². The molecule has 11 heteroatoms. The third-order valence-electron chi connectivity index (χ3n) is 7.16. The Bertz CT molecular complexity index is 1460. The number of benzene rings is 3. The van der Waals surface area contributed by atoms with Crippen LogP contribution < -0.4 is 26.0 Å². The Balaban J connectivity index is 1.56. The fourth-order valence-electron chi connectivity index (χ4n) is 4.63. The molecule has 1 heterocycles. The van der Waals surface area contributed by atoms with E-state index < -0.39 is 47.5 Å². The van der Waals surface area contributed by atoms with E-state index in [9.17, 15) is 28.7 Å². The van der Waals surface area contributed by atoms with Crippen molar-refractivity contribution in [1.82, 2.24) is 21.3 Å². The van der Waals surface area contributed by atoms with Crippen LogP contribution >= 0.6 is 0 Å². The summed E-state index contributed by atoms with van der Waals surface area (Å²) in [6.07, 6.45) is -0.326. The number of aromatic hydroxyl groups is 1. The van der Waals surface area contributed by atoms with Gasteiger partial charge in [-0.1, -0.05) is 50.2 Å². The third kappa shape index (κ3) is 8.54. The van der Waals surface area contributed by atoms with Gasteiger partial charge in [0.2, 0.25) is 17.7 Å². The summed E-state index contributed by atoms with van der Waals surface area (Å²) in [7, 11) is 0. The Morgan fingerprint density at radius 3 is 2.42 bits per heavy atom. The number of phenolic OH excluding ortho intramolecular Hbond substituents is 1. The molecule has 2 atom stereocenters.